The van der Waals surface area contributed by atoms with Crippen LogP contribution in [0.2, 0.25) is 0 Å². The van der Waals surface area contributed by atoms with E-state index < -0.39 is 0 Å². The van der Waals surface area contributed by atoms with Crippen molar-refractivity contribution in [2.45, 2.75) is 19.3 Å². The molecule has 3 N–H and O–H groups in total. The Balaban J connectivity index is 1.59. The minimum absolute atomic E-state index is 0.0823. The van der Waals surface area contributed by atoms with Crippen molar-refractivity contribution < 1.29 is 10.0 Å². The summed E-state index contributed by atoms with van der Waals surface area (Å²) < 4.78 is 0.907. The number of fused-ring (bicyclic) bond motifs is 4. The summed E-state index contributed by atoms with van der Waals surface area (Å²) in [6.45, 7) is 3.46. The molecule has 4 heterocycles. The largest absolute Gasteiger partial charge is 0.409 e. The quantitative estimate of drug-likeness (QED) is 0.294. The van der Waals surface area contributed by atoms with Crippen LogP contribution in [0.3, 0.4) is 0 Å². The Kier molecular flexibility index (Phi) is 4.02. The molecule has 0 radical (unpaired) electrons. The number of hydrogen-bond acceptors (Lipinski definition) is 5. The van der Waals surface area contributed by atoms with Crippen molar-refractivity contribution in [3.8, 4) is 0 Å². The third kappa shape index (κ3) is 2.70. The SMILES string of the molecule is N/C(=N\O)c1cccc2cc(C(=O)C[C@H]3CN4CCC3CC4)sc12. The highest BCUT2D eigenvalue weighted by atomic mass is 32.1. The maximum atomic E-state index is 12.8. The number of hydrogen-bond donors (Lipinski definition) is 2. The lowest BCUT2D eigenvalue weighted by Crippen LogP contribution is -2.47. The number of nitrogens with zero attached hydrogens (tertiary/aromatic N) is 2. The summed E-state index contributed by atoms with van der Waals surface area (Å²) in [7, 11) is 0. The number of rotatable bonds is 4. The molecule has 3 saturated heterocycles. The molecular weight excluding hydrogens is 322 g/mol. The molecule has 5 nitrogen and oxygen atoms in total. The van der Waals surface area contributed by atoms with E-state index in [-0.39, 0.29) is 11.6 Å². The van der Waals surface area contributed by atoms with E-state index in [0.717, 1.165) is 21.5 Å². The second kappa shape index (κ2) is 6.18. The summed E-state index contributed by atoms with van der Waals surface area (Å²) in [5.74, 6) is 1.51. The number of Topliss-reactive ketones (excluding diaryl/α,β-unsaturated/α-hetero) is 1. The van der Waals surface area contributed by atoms with E-state index in [9.17, 15) is 4.79 Å². The normalized spacial score (nSPS) is 26.8. The average molecular weight is 343 g/mol. The van der Waals surface area contributed by atoms with Crippen LogP contribution in [0.5, 0.6) is 0 Å². The van der Waals surface area contributed by atoms with Gasteiger partial charge in [-0.1, -0.05) is 17.3 Å². The standard InChI is InChI=1S/C18H21N3O2S/c19-18(20-23)14-3-1-2-12-9-16(24-17(12)14)15(22)8-13-10-21-6-4-11(13)5-7-21/h1-3,9,11,13,23H,4-8,10H2,(H2,19,20)/t13-/m0/s1. The van der Waals surface area contributed by atoms with E-state index >= 15 is 0 Å². The first-order valence-corrected chi connectivity index (χ1v) is 9.23. The molecule has 3 aliphatic rings. The topological polar surface area (TPSA) is 78.9 Å². The van der Waals surface area contributed by atoms with Crippen LogP contribution in [0.4, 0.5) is 0 Å². The van der Waals surface area contributed by atoms with Crippen LogP contribution in [-0.4, -0.2) is 41.4 Å². The molecule has 126 valence electrons. The van der Waals surface area contributed by atoms with Crippen LogP contribution in [0.25, 0.3) is 10.1 Å². The van der Waals surface area contributed by atoms with E-state index in [1.165, 1.54) is 37.3 Å². The van der Waals surface area contributed by atoms with Gasteiger partial charge in [0.15, 0.2) is 11.6 Å². The molecule has 0 spiro atoms. The number of carbonyl (C=O) groups is 1. The molecule has 2 aromatic rings. The zero-order valence-electron chi connectivity index (χ0n) is 13.4. The van der Waals surface area contributed by atoms with Crippen molar-refractivity contribution in [3.05, 3.63) is 34.7 Å². The monoisotopic (exact) mass is 343 g/mol. The third-order valence-electron chi connectivity index (χ3n) is 5.44. The number of oxime groups is 1. The van der Waals surface area contributed by atoms with Gasteiger partial charge in [0, 0.05) is 23.2 Å². The van der Waals surface area contributed by atoms with Crippen LogP contribution in [0.15, 0.2) is 29.4 Å². The van der Waals surface area contributed by atoms with Gasteiger partial charge in [-0.15, -0.1) is 11.3 Å². The molecule has 6 heteroatoms. The molecule has 2 bridgehead atoms. The Morgan fingerprint density at radius 3 is 2.83 bits per heavy atom. The molecule has 0 aliphatic carbocycles. The van der Waals surface area contributed by atoms with Crippen molar-refractivity contribution in [1.82, 2.24) is 4.90 Å². The number of carbonyl (C=O) groups excluding carboxylic acids is 1. The summed E-state index contributed by atoms with van der Waals surface area (Å²) in [4.78, 5) is 16.1. The molecule has 3 fully saturated rings. The highest BCUT2D eigenvalue weighted by Crippen LogP contribution is 2.36. The Hall–Kier alpha value is -1.92. The van der Waals surface area contributed by atoms with E-state index in [2.05, 4.69) is 10.1 Å². The average Bonchev–Trinajstić information content (AvgIpc) is 3.06. The van der Waals surface area contributed by atoms with Crippen molar-refractivity contribution in [2.75, 3.05) is 19.6 Å². The fourth-order valence-corrected chi connectivity index (χ4v) is 5.24. The fourth-order valence-electron chi connectivity index (χ4n) is 4.11. The van der Waals surface area contributed by atoms with Crippen LogP contribution < -0.4 is 5.73 Å². The third-order valence-corrected chi connectivity index (χ3v) is 6.67. The van der Waals surface area contributed by atoms with Crippen LogP contribution in [-0.2, 0) is 0 Å². The molecular formula is C18H21N3O2S. The van der Waals surface area contributed by atoms with Gasteiger partial charge in [0.1, 0.15) is 0 Å². The zero-order valence-corrected chi connectivity index (χ0v) is 14.3. The fraction of sp³-hybridized carbons (Fsp3) is 0.444. The predicted molar refractivity (Wildman–Crippen MR) is 95.9 cm³/mol. The number of benzene rings is 1. The van der Waals surface area contributed by atoms with Crippen LogP contribution in [0.1, 0.15) is 34.5 Å². The Labute approximate surface area is 144 Å². The molecule has 5 rings (SSSR count). The van der Waals surface area contributed by atoms with Crippen molar-refractivity contribution >= 4 is 33.0 Å². The van der Waals surface area contributed by atoms with E-state index in [1.807, 2.05) is 24.3 Å². The van der Waals surface area contributed by atoms with E-state index in [4.69, 9.17) is 10.9 Å². The molecule has 1 aromatic heterocycles. The molecule has 0 unspecified atom stereocenters. The lowest BCUT2D eigenvalue weighted by atomic mass is 9.76. The minimum Gasteiger partial charge on any atom is -0.409 e. The second-order valence-corrected chi connectivity index (χ2v) is 7.90. The highest BCUT2D eigenvalue weighted by Gasteiger charge is 2.35. The zero-order chi connectivity index (χ0) is 16.7. The number of nitrogens with two attached hydrogens (primary N) is 1. The van der Waals surface area contributed by atoms with Gasteiger partial charge < -0.3 is 15.8 Å². The maximum Gasteiger partial charge on any atom is 0.173 e. The van der Waals surface area contributed by atoms with Gasteiger partial charge in [0.25, 0.3) is 0 Å². The van der Waals surface area contributed by atoms with Crippen molar-refractivity contribution in [2.24, 2.45) is 22.7 Å². The second-order valence-electron chi connectivity index (χ2n) is 6.85. The van der Waals surface area contributed by atoms with Gasteiger partial charge in [-0.05, 0) is 55.3 Å². The smallest absolute Gasteiger partial charge is 0.173 e. The number of amidine groups is 1. The maximum absolute atomic E-state index is 12.8. The van der Waals surface area contributed by atoms with Crippen LogP contribution in [0, 0.1) is 11.8 Å². The summed E-state index contributed by atoms with van der Waals surface area (Å²) in [6.07, 6.45) is 3.10. The summed E-state index contributed by atoms with van der Waals surface area (Å²) >= 11 is 1.45. The Morgan fingerprint density at radius 2 is 2.17 bits per heavy atom. The Bertz CT molecular complexity index is 806. The summed E-state index contributed by atoms with van der Waals surface area (Å²) in [6, 6.07) is 7.59. The molecule has 1 atom stereocenters. The summed E-state index contributed by atoms with van der Waals surface area (Å²) in [5, 5.41) is 13.0. The first-order valence-electron chi connectivity index (χ1n) is 8.41. The first-order chi connectivity index (χ1) is 11.7. The predicted octanol–water partition coefficient (Wildman–Crippen LogP) is 2.91. The van der Waals surface area contributed by atoms with Crippen molar-refractivity contribution in [1.29, 1.82) is 0 Å². The highest BCUT2D eigenvalue weighted by molar-refractivity contribution is 7.21. The number of ketones is 1. The van der Waals surface area contributed by atoms with Gasteiger partial charge >= 0.3 is 0 Å². The van der Waals surface area contributed by atoms with Gasteiger partial charge in [-0.3, -0.25) is 4.79 Å². The molecule has 24 heavy (non-hydrogen) atoms. The number of piperidine rings is 3. The summed E-state index contributed by atoms with van der Waals surface area (Å²) in [5.41, 5.74) is 6.43. The van der Waals surface area contributed by atoms with Gasteiger partial charge in [0.2, 0.25) is 0 Å². The molecule has 1 aromatic carbocycles. The Morgan fingerprint density at radius 1 is 1.38 bits per heavy atom. The minimum atomic E-state index is 0.0823. The van der Waals surface area contributed by atoms with Crippen LogP contribution >= 0.6 is 11.3 Å². The molecule has 0 saturated carbocycles. The van der Waals surface area contributed by atoms with Gasteiger partial charge in [-0.25, -0.2) is 0 Å². The lowest BCUT2D eigenvalue weighted by molar-refractivity contribution is 0.0442. The molecule has 3 aliphatic heterocycles. The van der Waals surface area contributed by atoms with E-state index in [0.29, 0.717) is 23.8 Å². The lowest BCUT2D eigenvalue weighted by Gasteiger charge is -2.44. The first kappa shape index (κ1) is 15.6. The molecule has 0 amide bonds. The van der Waals surface area contributed by atoms with Gasteiger partial charge in [0.05, 0.1) is 4.88 Å². The van der Waals surface area contributed by atoms with Gasteiger partial charge in [-0.2, -0.15) is 0 Å². The van der Waals surface area contributed by atoms with E-state index in [1.54, 1.807) is 0 Å². The number of thiophene rings is 1. The van der Waals surface area contributed by atoms with Crippen molar-refractivity contribution in [3.63, 3.8) is 0 Å².